The van der Waals surface area contributed by atoms with E-state index in [2.05, 4.69) is 27.2 Å². The van der Waals surface area contributed by atoms with E-state index in [1.54, 1.807) is 6.33 Å². The molecule has 0 spiro atoms. The number of imidazole rings is 1. The molecule has 0 amide bonds. The topological polar surface area (TPSA) is 83.3 Å². The Morgan fingerprint density at radius 3 is 2.74 bits per heavy atom. The zero-order valence-corrected chi connectivity index (χ0v) is 13.7. The molecular weight excluding hydrogens is 298 g/mol. The third-order valence-corrected chi connectivity index (χ3v) is 4.40. The Morgan fingerprint density at radius 1 is 1.22 bits per heavy atom. The molecule has 4 unspecified atom stereocenters. The highest BCUT2D eigenvalue weighted by molar-refractivity contribution is 5.82. The predicted molar refractivity (Wildman–Crippen MR) is 82.9 cm³/mol. The van der Waals surface area contributed by atoms with Crippen molar-refractivity contribution in [2.24, 2.45) is 0 Å². The lowest BCUT2D eigenvalue weighted by Gasteiger charge is -2.24. The van der Waals surface area contributed by atoms with E-state index in [0.29, 0.717) is 11.3 Å². The van der Waals surface area contributed by atoms with Gasteiger partial charge in [0.05, 0.1) is 12.4 Å². The first-order chi connectivity index (χ1) is 11.0. The summed E-state index contributed by atoms with van der Waals surface area (Å²) in [5.74, 6) is 0.0889. The molecule has 2 aromatic heterocycles. The zero-order valence-electron chi connectivity index (χ0n) is 13.7. The third kappa shape index (κ3) is 2.20. The molecule has 0 bridgehead atoms. The molecule has 124 valence electrons. The number of hydrogen-bond acceptors (Lipinski definition) is 7. The molecule has 2 saturated heterocycles. The highest BCUT2D eigenvalue weighted by Gasteiger charge is 2.55. The third-order valence-electron chi connectivity index (χ3n) is 4.40. The van der Waals surface area contributed by atoms with Crippen LogP contribution in [-0.2, 0) is 14.2 Å². The van der Waals surface area contributed by atoms with Crippen molar-refractivity contribution < 1.29 is 14.2 Å². The fourth-order valence-corrected chi connectivity index (χ4v) is 3.43. The van der Waals surface area contributed by atoms with Crippen molar-refractivity contribution in [3.8, 4) is 0 Å². The fraction of sp³-hybridized carbons (Fsp3) is 0.667. The van der Waals surface area contributed by atoms with E-state index in [1.165, 1.54) is 6.33 Å². The summed E-state index contributed by atoms with van der Waals surface area (Å²) in [4.78, 5) is 13.0. The summed E-state index contributed by atoms with van der Waals surface area (Å²) in [6.07, 6.45) is 3.54. The predicted octanol–water partition coefficient (Wildman–Crippen LogP) is 1.70. The Morgan fingerprint density at radius 2 is 2.00 bits per heavy atom. The van der Waals surface area contributed by atoms with Gasteiger partial charge in [-0.3, -0.25) is 4.57 Å². The lowest BCUT2D eigenvalue weighted by molar-refractivity contribution is -0.196. The monoisotopic (exact) mass is 319 g/mol. The first kappa shape index (κ1) is 14.8. The average Bonchev–Trinajstić information content (AvgIpc) is 3.17. The molecule has 0 saturated carbocycles. The van der Waals surface area contributed by atoms with Crippen molar-refractivity contribution in [1.29, 1.82) is 0 Å². The number of aromatic nitrogens is 4. The molecule has 0 aliphatic carbocycles. The number of nitrogens with zero attached hydrogens (tertiary/aromatic N) is 4. The van der Waals surface area contributed by atoms with Crippen molar-refractivity contribution in [1.82, 2.24) is 19.5 Å². The minimum absolute atomic E-state index is 0.00478. The first-order valence-electron chi connectivity index (χ1n) is 7.90. The number of fused-ring (bicyclic) bond motifs is 2. The molecule has 4 heterocycles. The molecule has 4 atom stereocenters. The van der Waals surface area contributed by atoms with Crippen molar-refractivity contribution >= 4 is 17.0 Å². The van der Waals surface area contributed by atoms with E-state index < -0.39 is 5.79 Å². The number of ether oxygens (including phenoxy) is 3. The molecule has 8 heteroatoms. The van der Waals surface area contributed by atoms with Crippen LogP contribution in [0, 0.1) is 0 Å². The Hall–Kier alpha value is -1.77. The Labute approximate surface area is 134 Å². The number of rotatable bonds is 3. The summed E-state index contributed by atoms with van der Waals surface area (Å²) < 4.78 is 20.2. The van der Waals surface area contributed by atoms with Crippen LogP contribution in [0.25, 0.3) is 11.2 Å². The number of hydrogen-bond donors (Lipinski definition) is 1. The van der Waals surface area contributed by atoms with Crippen LogP contribution >= 0.6 is 0 Å². The van der Waals surface area contributed by atoms with Gasteiger partial charge in [-0.2, -0.15) is 0 Å². The molecule has 8 nitrogen and oxygen atoms in total. The van der Waals surface area contributed by atoms with Gasteiger partial charge in [0, 0.05) is 7.05 Å². The lowest BCUT2D eigenvalue weighted by atomic mass is 10.1. The highest BCUT2D eigenvalue weighted by Crippen LogP contribution is 2.44. The van der Waals surface area contributed by atoms with Gasteiger partial charge in [0.15, 0.2) is 23.5 Å². The zero-order chi connectivity index (χ0) is 16.2. The van der Waals surface area contributed by atoms with Crippen molar-refractivity contribution in [3.05, 3.63) is 12.7 Å². The fourth-order valence-electron chi connectivity index (χ4n) is 3.43. The van der Waals surface area contributed by atoms with E-state index in [9.17, 15) is 0 Å². The Balaban J connectivity index is 1.76. The quantitative estimate of drug-likeness (QED) is 0.921. The SMILES string of the molecule is CCC1OC(n2cnc3c(NC)ncnc32)C2OC(C)(C)OC12. The second kappa shape index (κ2) is 5.12. The maximum Gasteiger partial charge on any atom is 0.167 e. The summed E-state index contributed by atoms with van der Waals surface area (Å²) >= 11 is 0. The van der Waals surface area contributed by atoms with Crippen LogP contribution in [0.4, 0.5) is 5.82 Å². The van der Waals surface area contributed by atoms with Crippen LogP contribution < -0.4 is 5.32 Å². The average molecular weight is 319 g/mol. The van der Waals surface area contributed by atoms with Crippen LogP contribution in [0.1, 0.15) is 33.4 Å². The summed E-state index contributed by atoms with van der Waals surface area (Å²) in [6.45, 7) is 5.96. The van der Waals surface area contributed by atoms with Gasteiger partial charge < -0.3 is 19.5 Å². The number of nitrogens with one attached hydrogen (secondary N) is 1. The van der Waals surface area contributed by atoms with Crippen LogP contribution in [0.3, 0.4) is 0 Å². The summed E-state index contributed by atoms with van der Waals surface area (Å²) in [6, 6.07) is 0. The summed E-state index contributed by atoms with van der Waals surface area (Å²) in [7, 11) is 1.81. The van der Waals surface area contributed by atoms with Gasteiger partial charge in [0.1, 0.15) is 24.1 Å². The van der Waals surface area contributed by atoms with E-state index in [-0.39, 0.29) is 24.5 Å². The molecular formula is C15H21N5O3. The first-order valence-corrected chi connectivity index (χ1v) is 7.90. The van der Waals surface area contributed by atoms with Gasteiger partial charge in [0.25, 0.3) is 0 Å². The Kier molecular flexibility index (Phi) is 3.29. The molecule has 2 aliphatic heterocycles. The Bertz CT molecular complexity index is 731. The van der Waals surface area contributed by atoms with Gasteiger partial charge >= 0.3 is 0 Å². The molecule has 2 aliphatic rings. The van der Waals surface area contributed by atoms with E-state index in [0.717, 1.165) is 12.1 Å². The van der Waals surface area contributed by atoms with Crippen LogP contribution in [0.15, 0.2) is 12.7 Å². The van der Waals surface area contributed by atoms with Crippen LogP contribution in [0.2, 0.25) is 0 Å². The smallest absolute Gasteiger partial charge is 0.167 e. The maximum atomic E-state index is 6.19. The molecule has 0 aromatic carbocycles. The summed E-state index contributed by atoms with van der Waals surface area (Å²) in [5.41, 5.74) is 1.44. The maximum absolute atomic E-state index is 6.19. The molecule has 2 fully saturated rings. The van der Waals surface area contributed by atoms with Gasteiger partial charge in [-0.25, -0.2) is 15.0 Å². The molecule has 2 aromatic rings. The van der Waals surface area contributed by atoms with Crippen LogP contribution in [0.5, 0.6) is 0 Å². The van der Waals surface area contributed by atoms with Gasteiger partial charge in [0.2, 0.25) is 0 Å². The second-order valence-corrected chi connectivity index (χ2v) is 6.33. The lowest BCUT2D eigenvalue weighted by Crippen LogP contribution is -2.28. The van der Waals surface area contributed by atoms with Crippen molar-refractivity contribution in [3.63, 3.8) is 0 Å². The van der Waals surface area contributed by atoms with Crippen LogP contribution in [-0.4, -0.2) is 50.7 Å². The minimum Gasteiger partial charge on any atom is -0.371 e. The van der Waals surface area contributed by atoms with E-state index in [1.807, 2.05) is 25.5 Å². The van der Waals surface area contributed by atoms with E-state index in [4.69, 9.17) is 14.2 Å². The van der Waals surface area contributed by atoms with Gasteiger partial charge in [-0.1, -0.05) is 6.92 Å². The molecule has 4 rings (SSSR count). The van der Waals surface area contributed by atoms with Gasteiger partial charge in [-0.15, -0.1) is 0 Å². The van der Waals surface area contributed by atoms with Crippen molar-refractivity contribution in [2.75, 3.05) is 12.4 Å². The highest BCUT2D eigenvalue weighted by atomic mass is 16.8. The normalized spacial score (nSPS) is 32.3. The van der Waals surface area contributed by atoms with E-state index >= 15 is 0 Å². The summed E-state index contributed by atoms with van der Waals surface area (Å²) in [5, 5.41) is 3.03. The molecule has 1 N–H and O–H groups in total. The van der Waals surface area contributed by atoms with Crippen molar-refractivity contribution in [2.45, 2.75) is 57.5 Å². The second-order valence-electron chi connectivity index (χ2n) is 6.33. The van der Waals surface area contributed by atoms with Gasteiger partial charge in [-0.05, 0) is 20.3 Å². The largest absolute Gasteiger partial charge is 0.371 e. The molecule has 0 radical (unpaired) electrons. The number of anilines is 1. The standard InChI is InChI=1S/C15H21N5O3/c1-5-8-10-11(23-15(2,3)22-10)14(21-8)20-7-19-9-12(16-4)17-6-18-13(9)20/h6-8,10-11,14H,5H2,1-4H3,(H,16,17,18). The molecule has 23 heavy (non-hydrogen) atoms. The minimum atomic E-state index is -0.605.